The summed E-state index contributed by atoms with van der Waals surface area (Å²) < 4.78 is 1.66. The summed E-state index contributed by atoms with van der Waals surface area (Å²) >= 11 is 0. The van der Waals surface area contributed by atoms with Crippen LogP contribution in [0.25, 0.3) is 11.1 Å². The van der Waals surface area contributed by atoms with Gasteiger partial charge in [-0.15, -0.1) is 0 Å². The fourth-order valence-electron chi connectivity index (χ4n) is 4.10. The number of aryl methyl sites for hydroxylation is 1. The van der Waals surface area contributed by atoms with E-state index in [9.17, 15) is 10.0 Å². The van der Waals surface area contributed by atoms with Crippen molar-refractivity contribution < 1.29 is 5.21 Å². The Hall–Kier alpha value is -3.21. The first-order valence-electron chi connectivity index (χ1n) is 10.0. The largest absolute Gasteiger partial charge is 0.411 e. The maximum Gasteiger partial charge on any atom is 0.257 e. The maximum absolute atomic E-state index is 13.2. The molecule has 1 aliphatic carbocycles. The second-order valence-corrected chi connectivity index (χ2v) is 7.83. The molecule has 0 spiro atoms. The van der Waals surface area contributed by atoms with Gasteiger partial charge in [0.25, 0.3) is 5.56 Å². The van der Waals surface area contributed by atoms with Crippen LogP contribution in [-0.4, -0.2) is 20.5 Å². The number of rotatable bonds is 4. The zero-order valence-electron chi connectivity index (χ0n) is 16.7. The van der Waals surface area contributed by atoms with E-state index in [2.05, 4.69) is 40.5 Å². The molecule has 148 valence electrons. The molecule has 1 N–H and O–H groups in total. The van der Waals surface area contributed by atoms with Gasteiger partial charge in [0.15, 0.2) is 0 Å². The number of oxime groups is 1. The molecule has 1 atom stereocenters. The van der Waals surface area contributed by atoms with Gasteiger partial charge in [-0.25, -0.2) is 4.98 Å². The zero-order chi connectivity index (χ0) is 20.4. The Balaban J connectivity index is 1.76. The molecule has 5 nitrogen and oxygen atoms in total. The SMILES string of the molecule is CC(C)n1cnc2c(c1=O)C(Cc1cccc(-c3ccccc3)c1)C(=NO)CC2. The first-order chi connectivity index (χ1) is 14.1. The van der Waals surface area contributed by atoms with Crippen molar-refractivity contribution in [3.8, 4) is 11.1 Å². The van der Waals surface area contributed by atoms with E-state index in [0.717, 1.165) is 22.4 Å². The summed E-state index contributed by atoms with van der Waals surface area (Å²) in [7, 11) is 0. The molecule has 0 amide bonds. The third-order valence-corrected chi connectivity index (χ3v) is 5.64. The highest BCUT2D eigenvalue weighted by atomic mass is 16.4. The van der Waals surface area contributed by atoms with E-state index >= 15 is 0 Å². The molecule has 1 aromatic heterocycles. The Morgan fingerprint density at radius 3 is 2.59 bits per heavy atom. The molecule has 29 heavy (non-hydrogen) atoms. The molecule has 0 saturated heterocycles. The second-order valence-electron chi connectivity index (χ2n) is 7.83. The molecule has 1 unspecified atom stereocenters. The van der Waals surface area contributed by atoms with E-state index in [0.29, 0.717) is 30.5 Å². The number of benzene rings is 2. The van der Waals surface area contributed by atoms with Crippen molar-refractivity contribution in [2.24, 2.45) is 5.16 Å². The third kappa shape index (κ3) is 3.73. The summed E-state index contributed by atoms with van der Waals surface area (Å²) in [6, 6.07) is 18.6. The Kier molecular flexibility index (Phi) is 5.30. The average Bonchev–Trinajstić information content (AvgIpc) is 2.74. The molecule has 4 rings (SSSR count). The molecular formula is C24H25N3O2. The summed E-state index contributed by atoms with van der Waals surface area (Å²) in [6.07, 6.45) is 3.49. The summed E-state index contributed by atoms with van der Waals surface area (Å²) in [5.41, 5.74) is 5.50. The van der Waals surface area contributed by atoms with Gasteiger partial charge >= 0.3 is 0 Å². The van der Waals surface area contributed by atoms with Gasteiger partial charge in [-0.2, -0.15) is 0 Å². The molecule has 1 heterocycles. The van der Waals surface area contributed by atoms with Crippen LogP contribution in [0.5, 0.6) is 0 Å². The van der Waals surface area contributed by atoms with Crippen molar-refractivity contribution in [3.05, 3.63) is 88.1 Å². The Morgan fingerprint density at radius 2 is 1.86 bits per heavy atom. The van der Waals surface area contributed by atoms with Crippen LogP contribution in [0.1, 0.15) is 49.0 Å². The Labute approximate surface area is 170 Å². The maximum atomic E-state index is 13.2. The lowest BCUT2D eigenvalue weighted by Gasteiger charge is -2.26. The van der Waals surface area contributed by atoms with Gasteiger partial charge in [0.2, 0.25) is 0 Å². The van der Waals surface area contributed by atoms with E-state index in [-0.39, 0.29) is 17.5 Å². The third-order valence-electron chi connectivity index (χ3n) is 5.64. The fourth-order valence-corrected chi connectivity index (χ4v) is 4.10. The smallest absolute Gasteiger partial charge is 0.257 e. The zero-order valence-corrected chi connectivity index (χ0v) is 16.7. The van der Waals surface area contributed by atoms with Gasteiger partial charge in [0, 0.05) is 17.5 Å². The van der Waals surface area contributed by atoms with Crippen LogP contribution in [-0.2, 0) is 12.8 Å². The van der Waals surface area contributed by atoms with E-state index in [1.807, 2.05) is 38.1 Å². The molecule has 0 fully saturated rings. The highest BCUT2D eigenvalue weighted by molar-refractivity contribution is 5.92. The van der Waals surface area contributed by atoms with Gasteiger partial charge in [0.05, 0.1) is 17.7 Å². The molecule has 0 saturated carbocycles. The van der Waals surface area contributed by atoms with Gasteiger partial charge < -0.3 is 5.21 Å². The van der Waals surface area contributed by atoms with Crippen LogP contribution in [0.3, 0.4) is 0 Å². The molecule has 5 heteroatoms. The minimum atomic E-state index is -0.263. The number of nitrogens with zero attached hydrogens (tertiary/aromatic N) is 3. The number of hydrogen-bond donors (Lipinski definition) is 1. The number of hydrogen-bond acceptors (Lipinski definition) is 4. The van der Waals surface area contributed by atoms with Gasteiger partial charge in [-0.1, -0.05) is 59.8 Å². The second kappa shape index (κ2) is 8.03. The molecule has 0 radical (unpaired) electrons. The van der Waals surface area contributed by atoms with E-state index in [4.69, 9.17) is 0 Å². The summed E-state index contributed by atoms with van der Waals surface area (Å²) in [6.45, 7) is 3.94. The van der Waals surface area contributed by atoms with Crippen LogP contribution in [0.15, 0.2) is 70.9 Å². The highest BCUT2D eigenvalue weighted by Crippen LogP contribution is 2.31. The lowest BCUT2D eigenvalue weighted by molar-refractivity contribution is 0.314. The lowest BCUT2D eigenvalue weighted by Crippen LogP contribution is -2.35. The highest BCUT2D eigenvalue weighted by Gasteiger charge is 2.31. The molecule has 1 aliphatic rings. The molecule has 0 bridgehead atoms. The topological polar surface area (TPSA) is 67.5 Å². The van der Waals surface area contributed by atoms with Gasteiger partial charge in [-0.05, 0) is 49.8 Å². The van der Waals surface area contributed by atoms with Crippen molar-refractivity contribution in [3.63, 3.8) is 0 Å². The molecule has 3 aromatic rings. The lowest BCUT2D eigenvalue weighted by atomic mass is 9.80. The van der Waals surface area contributed by atoms with Crippen LogP contribution >= 0.6 is 0 Å². The van der Waals surface area contributed by atoms with E-state index in [1.54, 1.807) is 10.9 Å². The Bertz CT molecular complexity index is 1100. The minimum Gasteiger partial charge on any atom is -0.411 e. The summed E-state index contributed by atoms with van der Waals surface area (Å²) in [4.78, 5) is 17.7. The molecular weight excluding hydrogens is 362 g/mol. The van der Waals surface area contributed by atoms with Crippen molar-refractivity contribution in [2.75, 3.05) is 0 Å². The van der Waals surface area contributed by atoms with Crippen molar-refractivity contribution >= 4 is 5.71 Å². The first-order valence-corrected chi connectivity index (χ1v) is 10.0. The van der Waals surface area contributed by atoms with Crippen LogP contribution in [0, 0.1) is 0 Å². The van der Waals surface area contributed by atoms with Crippen LogP contribution < -0.4 is 5.56 Å². The van der Waals surface area contributed by atoms with E-state index in [1.165, 1.54) is 0 Å². The first kappa shape index (κ1) is 19.1. The van der Waals surface area contributed by atoms with Crippen molar-refractivity contribution in [1.82, 2.24) is 9.55 Å². The van der Waals surface area contributed by atoms with Gasteiger partial charge in [0.1, 0.15) is 0 Å². The average molecular weight is 387 g/mol. The van der Waals surface area contributed by atoms with Crippen molar-refractivity contribution in [1.29, 1.82) is 0 Å². The quantitative estimate of drug-likeness (QED) is 0.526. The summed E-state index contributed by atoms with van der Waals surface area (Å²) in [5.74, 6) is -0.263. The fraction of sp³-hybridized carbons (Fsp3) is 0.292. The predicted molar refractivity (Wildman–Crippen MR) is 115 cm³/mol. The number of fused-ring (bicyclic) bond motifs is 1. The monoisotopic (exact) mass is 387 g/mol. The standard InChI is InChI=1S/C24H25N3O2/c1-16(2)27-15-25-22-12-11-21(26-29)20(23(22)24(27)28)14-17-7-6-10-19(13-17)18-8-4-3-5-9-18/h3-10,13,15-16,20,29H,11-12,14H2,1-2H3. The molecule has 0 aliphatic heterocycles. The number of aromatic nitrogens is 2. The van der Waals surface area contributed by atoms with Gasteiger partial charge in [-0.3, -0.25) is 9.36 Å². The summed E-state index contributed by atoms with van der Waals surface area (Å²) in [5, 5.41) is 13.2. The van der Waals surface area contributed by atoms with E-state index < -0.39 is 0 Å². The molecule has 2 aromatic carbocycles. The minimum absolute atomic E-state index is 0.0267. The normalized spacial score (nSPS) is 17.5. The van der Waals surface area contributed by atoms with Crippen molar-refractivity contribution in [2.45, 2.75) is 45.1 Å². The van der Waals surface area contributed by atoms with Crippen LogP contribution in [0.4, 0.5) is 0 Å². The Morgan fingerprint density at radius 1 is 1.10 bits per heavy atom. The predicted octanol–water partition coefficient (Wildman–Crippen LogP) is 4.59. The van der Waals surface area contributed by atoms with Crippen LogP contribution in [0.2, 0.25) is 0 Å².